The van der Waals surface area contributed by atoms with Crippen molar-refractivity contribution in [3.05, 3.63) is 23.2 Å². The highest BCUT2D eigenvalue weighted by atomic mass is 35.5. The van der Waals surface area contributed by atoms with E-state index in [2.05, 4.69) is 9.62 Å². The largest absolute Gasteiger partial charge is 0.495 e. The highest BCUT2D eigenvalue weighted by Gasteiger charge is 2.27. The number of likely N-dealkylation sites (N-methyl/N-ethyl adjacent to an activating group) is 1. The number of ether oxygens (including phenoxy) is 1. The van der Waals surface area contributed by atoms with Gasteiger partial charge in [0.1, 0.15) is 5.75 Å². The van der Waals surface area contributed by atoms with E-state index in [1.54, 1.807) is 11.8 Å². The van der Waals surface area contributed by atoms with Crippen LogP contribution in [0, 0.1) is 0 Å². The number of methoxy groups -OCH3 is 1. The van der Waals surface area contributed by atoms with E-state index in [0.29, 0.717) is 18.8 Å². The third-order valence-electron chi connectivity index (χ3n) is 3.95. The molecule has 0 radical (unpaired) electrons. The maximum absolute atomic E-state index is 12.4. The minimum Gasteiger partial charge on any atom is -0.495 e. The van der Waals surface area contributed by atoms with E-state index in [4.69, 9.17) is 16.3 Å². The van der Waals surface area contributed by atoms with Gasteiger partial charge in [-0.1, -0.05) is 11.6 Å². The number of carbonyl (C=O) groups is 1. The Labute approximate surface area is 147 Å². The predicted octanol–water partition coefficient (Wildman–Crippen LogP) is 0.789. The molecule has 0 spiro atoms. The molecule has 1 atom stereocenters. The molecule has 0 unspecified atom stereocenters. The van der Waals surface area contributed by atoms with Gasteiger partial charge in [0.25, 0.3) is 0 Å². The van der Waals surface area contributed by atoms with E-state index in [0.717, 1.165) is 13.1 Å². The lowest BCUT2D eigenvalue weighted by molar-refractivity contribution is -0.134. The van der Waals surface area contributed by atoms with Gasteiger partial charge in [-0.3, -0.25) is 4.79 Å². The first-order valence-electron chi connectivity index (χ1n) is 7.58. The lowest BCUT2D eigenvalue weighted by Crippen LogP contribution is -2.53. The number of sulfonamides is 1. The zero-order valence-corrected chi connectivity index (χ0v) is 15.5. The molecular weight excluding hydrogens is 354 g/mol. The number of rotatable bonds is 5. The summed E-state index contributed by atoms with van der Waals surface area (Å²) in [5.74, 6) is 0.156. The molecule has 9 heteroatoms. The van der Waals surface area contributed by atoms with Crippen LogP contribution < -0.4 is 9.46 Å². The summed E-state index contributed by atoms with van der Waals surface area (Å²) >= 11 is 5.97. The van der Waals surface area contributed by atoms with E-state index < -0.39 is 16.1 Å². The third-order valence-corrected chi connectivity index (χ3v) is 5.78. The number of hydrogen-bond acceptors (Lipinski definition) is 5. The summed E-state index contributed by atoms with van der Waals surface area (Å²) in [5.41, 5.74) is 0. The Hall–Kier alpha value is -1.35. The Bertz CT molecular complexity index is 703. The standard InChI is InChI=1S/C15H22ClN3O4S/c1-11(15(20)19-8-6-18(2)7-9-19)17-24(21,22)12-4-5-14(23-3)13(16)10-12/h4-5,10-11,17H,6-9H2,1-3H3/t11-/m0/s1. The summed E-state index contributed by atoms with van der Waals surface area (Å²) in [4.78, 5) is 16.2. The molecule has 134 valence electrons. The number of amides is 1. The first kappa shape index (κ1) is 19.0. The van der Waals surface area contributed by atoms with E-state index >= 15 is 0 Å². The molecule has 2 rings (SSSR count). The van der Waals surface area contributed by atoms with Crippen LogP contribution in [0.1, 0.15) is 6.92 Å². The Morgan fingerprint density at radius 1 is 1.29 bits per heavy atom. The van der Waals surface area contributed by atoms with Crippen molar-refractivity contribution < 1.29 is 17.9 Å². The highest BCUT2D eigenvalue weighted by Crippen LogP contribution is 2.26. The number of nitrogens with zero attached hydrogens (tertiary/aromatic N) is 2. The molecule has 1 aromatic rings. The van der Waals surface area contributed by atoms with E-state index in [1.165, 1.54) is 25.3 Å². The Kier molecular flexibility index (Phi) is 6.08. The van der Waals surface area contributed by atoms with Crippen molar-refractivity contribution in [1.82, 2.24) is 14.5 Å². The van der Waals surface area contributed by atoms with Crippen molar-refractivity contribution >= 4 is 27.5 Å². The molecule has 1 heterocycles. The Balaban J connectivity index is 2.08. The lowest BCUT2D eigenvalue weighted by atomic mass is 10.2. The molecule has 1 aliphatic rings. The molecule has 0 saturated carbocycles. The van der Waals surface area contributed by atoms with E-state index in [9.17, 15) is 13.2 Å². The van der Waals surface area contributed by atoms with Crippen LogP contribution in [-0.4, -0.2) is 70.5 Å². The first-order chi connectivity index (χ1) is 11.2. The van der Waals surface area contributed by atoms with Gasteiger partial charge in [-0.05, 0) is 32.2 Å². The summed E-state index contributed by atoms with van der Waals surface area (Å²) in [6, 6.07) is 3.32. The van der Waals surface area contributed by atoms with Crippen molar-refractivity contribution in [2.45, 2.75) is 17.9 Å². The van der Waals surface area contributed by atoms with Crippen LogP contribution in [0.2, 0.25) is 5.02 Å². The maximum atomic E-state index is 12.4. The zero-order valence-electron chi connectivity index (χ0n) is 14.0. The lowest BCUT2D eigenvalue weighted by Gasteiger charge is -2.34. The van der Waals surface area contributed by atoms with Crippen LogP contribution in [0.3, 0.4) is 0 Å². The molecule has 1 aliphatic heterocycles. The topological polar surface area (TPSA) is 78.9 Å². The fourth-order valence-corrected chi connectivity index (χ4v) is 4.01. The quantitative estimate of drug-likeness (QED) is 0.823. The second kappa shape index (κ2) is 7.69. The second-order valence-corrected chi connectivity index (χ2v) is 7.89. The van der Waals surface area contributed by atoms with Gasteiger partial charge in [-0.15, -0.1) is 0 Å². The number of piperazine rings is 1. The molecule has 1 aromatic carbocycles. The normalized spacial score (nSPS) is 17.6. The first-order valence-corrected chi connectivity index (χ1v) is 9.44. The molecule has 1 N–H and O–H groups in total. The number of carbonyl (C=O) groups excluding carboxylic acids is 1. The van der Waals surface area contributed by atoms with Crippen molar-refractivity contribution in [2.24, 2.45) is 0 Å². The van der Waals surface area contributed by atoms with Gasteiger partial charge < -0.3 is 14.5 Å². The molecule has 0 aliphatic carbocycles. The van der Waals surface area contributed by atoms with E-state index in [1.807, 2.05) is 7.05 Å². The second-order valence-electron chi connectivity index (χ2n) is 5.77. The molecular formula is C15H22ClN3O4S. The zero-order chi connectivity index (χ0) is 17.9. The Morgan fingerprint density at radius 3 is 2.46 bits per heavy atom. The third kappa shape index (κ3) is 4.38. The van der Waals surface area contributed by atoms with Gasteiger partial charge in [0, 0.05) is 26.2 Å². The number of halogens is 1. The molecule has 0 bridgehead atoms. The smallest absolute Gasteiger partial charge is 0.241 e. The average molecular weight is 376 g/mol. The number of nitrogens with one attached hydrogen (secondary N) is 1. The van der Waals surface area contributed by atoms with Crippen LogP contribution in [0.15, 0.2) is 23.1 Å². The van der Waals surface area contributed by atoms with E-state index in [-0.39, 0.29) is 15.8 Å². The van der Waals surface area contributed by atoms with Crippen LogP contribution >= 0.6 is 11.6 Å². The fraction of sp³-hybridized carbons (Fsp3) is 0.533. The van der Waals surface area contributed by atoms with Crippen LogP contribution in [0.25, 0.3) is 0 Å². The average Bonchev–Trinajstić information content (AvgIpc) is 2.54. The van der Waals surface area contributed by atoms with Crippen molar-refractivity contribution in [1.29, 1.82) is 0 Å². The molecule has 1 amide bonds. The summed E-state index contributed by atoms with van der Waals surface area (Å²) in [6.07, 6.45) is 0. The van der Waals surface area contributed by atoms with Gasteiger partial charge in [-0.25, -0.2) is 8.42 Å². The SMILES string of the molecule is COc1ccc(S(=O)(=O)N[C@@H](C)C(=O)N2CCN(C)CC2)cc1Cl. The van der Waals surface area contributed by atoms with Crippen molar-refractivity contribution in [2.75, 3.05) is 40.3 Å². The summed E-state index contributed by atoms with van der Waals surface area (Å²) in [5, 5.41) is 0.193. The molecule has 0 aromatic heterocycles. The van der Waals surface area contributed by atoms with Crippen LogP contribution in [-0.2, 0) is 14.8 Å². The minimum absolute atomic E-state index is 0.00803. The molecule has 1 saturated heterocycles. The van der Waals surface area contributed by atoms with Crippen molar-refractivity contribution in [3.8, 4) is 5.75 Å². The summed E-state index contributed by atoms with van der Waals surface area (Å²) in [7, 11) is -0.413. The minimum atomic E-state index is -3.85. The van der Waals surface area contributed by atoms with Gasteiger partial charge in [-0.2, -0.15) is 4.72 Å². The molecule has 1 fully saturated rings. The fourth-order valence-electron chi connectivity index (χ4n) is 2.47. The van der Waals surface area contributed by atoms with Gasteiger partial charge >= 0.3 is 0 Å². The monoisotopic (exact) mass is 375 g/mol. The van der Waals surface area contributed by atoms with Gasteiger partial charge in [0.15, 0.2) is 0 Å². The Morgan fingerprint density at radius 2 is 1.92 bits per heavy atom. The summed E-state index contributed by atoms with van der Waals surface area (Å²) in [6.45, 7) is 4.29. The van der Waals surface area contributed by atoms with Crippen LogP contribution in [0.4, 0.5) is 0 Å². The number of hydrogen-bond donors (Lipinski definition) is 1. The highest BCUT2D eigenvalue weighted by molar-refractivity contribution is 7.89. The van der Waals surface area contributed by atoms with Gasteiger partial charge in [0.05, 0.1) is 23.1 Å². The molecule has 24 heavy (non-hydrogen) atoms. The summed E-state index contributed by atoms with van der Waals surface area (Å²) < 4.78 is 32.3. The predicted molar refractivity (Wildman–Crippen MR) is 91.9 cm³/mol. The van der Waals surface area contributed by atoms with Crippen molar-refractivity contribution in [3.63, 3.8) is 0 Å². The van der Waals surface area contributed by atoms with Gasteiger partial charge in [0.2, 0.25) is 15.9 Å². The maximum Gasteiger partial charge on any atom is 0.241 e. The van der Waals surface area contributed by atoms with Crippen LogP contribution in [0.5, 0.6) is 5.75 Å². The molecule has 7 nitrogen and oxygen atoms in total. The number of benzene rings is 1.